The van der Waals surface area contributed by atoms with E-state index >= 15 is 0 Å². The molecule has 0 atom stereocenters. The van der Waals surface area contributed by atoms with E-state index in [-0.39, 0.29) is 5.82 Å². The Morgan fingerprint density at radius 1 is 1.18 bits per heavy atom. The van der Waals surface area contributed by atoms with Gasteiger partial charge in [0.15, 0.2) is 0 Å². The number of anilines is 2. The van der Waals surface area contributed by atoms with E-state index in [1.807, 2.05) is 30.3 Å². The van der Waals surface area contributed by atoms with Crippen LogP contribution in [0.1, 0.15) is 26.7 Å². The van der Waals surface area contributed by atoms with Gasteiger partial charge in [0, 0.05) is 42.5 Å². The van der Waals surface area contributed by atoms with Crippen LogP contribution in [0.5, 0.6) is 0 Å². The van der Waals surface area contributed by atoms with Crippen molar-refractivity contribution >= 4 is 35.4 Å². The Morgan fingerprint density at radius 3 is 2.46 bits per heavy atom. The molecular formula is C21H29FN4S2. The standard InChI is InChI=1S/C21H29FN4S2/c1-16(2)15-26(19-6-4-17(22)5-7-19)28-20-8-9-21(23-14-20)24-18-10-12-25(27-3)13-11-18/h4-9,14,16,18H,10-13,15H2,1-3H3,(H,23,24). The maximum atomic E-state index is 13.3. The third-order valence-corrected chi connectivity index (χ3v) is 6.58. The fourth-order valence-electron chi connectivity index (χ4n) is 3.17. The monoisotopic (exact) mass is 420 g/mol. The van der Waals surface area contributed by atoms with E-state index in [1.54, 1.807) is 11.9 Å². The normalized spacial score (nSPS) is 15.8. The van der Waals surface area contributed by atoms with Crippen LogP contribution in [0, 0.1) is 11.7 Å². The van der Waals surface area contributed by atoms with Crippen molar-refractivity contribution in [2.75, 3.05) is 35.5 Å². The number of aromatic nitrogens is 1. The second kappa shape index (κ2) is 10.4. The van der Waals surface area contributed by atoms with Crippen molar-refractivity contribution in [2.45, 2.75) is 37.6 Å². The maximum absolute atomic E-state index is 13.3. The van der Waals surface area contributed by atoms with Crippen LogP contribution in [0.3, 0.4) is 0 Å². The Hall–Kier alpha value is -1.44. The molecular weight excluding hydrogens is 391 g/mol. The van der Waals surface area contributed by atoms with Crippen LogP contribution in [-0.4, -0.2) is 41.2 Å². The van der Waals surface area contributed by atoms with Crippen molar-refractivity contribution < 1.29 is 4.39 Å². The molecule has 0 unspecified atom stereocenters. The minimum absolute atomic E-state index is 0.210. The summed E-state index contributed by atoms with van der Waals surface area (Å²) in [4.78, 5) is 5.69. The number of hydrogen-bond donors (Lipinski definition) is 1. The Balaban J connectivity index is 1.60. The maximum Gasteiger partial charge on any atom is 0.126 e. The summed E-state index contributed by atoms with van der Waals surface area (Å²) in [5.74, 6) is 1.22. The van der Waals surface area contributed by atoms with Gasteiger partial charge in [0.05, 0.1) is 0 Å². The topological polar surface area (TPSA) is 31.4 Å². The zero-order valence-corrected chi connectivity index (χ0v) is 18.4. The lowest BCUT2D eigenvalue weighted by Gasteiger charge is -2.30. The van der Waals surface area contributed by atoms with Crippen molar-refractivity contribution in [1.29, 1.82) is 0 Å². The van der Waals surface area contributed by atoms with Gasteiger partial charge in [0.1, 0.15) is 11.6 Å². The average molecular weight is 421 g/mol. The van der Waals surface area contributed by atoms with E-state index in [4.69, 9.17) is 0 Å². The second-order valence-electron chi connectivity index (χ2n) is 7.43. The zero-order chi connectivity index (χ0) is 19.9. The summed E-state index contributed by atoms with van der Waals surface area (Å²) in [7, 11) is 0. The Kier molecular flexibility index (Phi) is 7.88. The lowest BCUT2D eigenvalue weighted by Crippen LogP contribution is -2.35. The molecule has 0 spiro atoms. The molecule has 1 aliphatic rings. The largest absolute Gasteiger partial charge is 0.367 e. The molecule has 7 heteroatoms. The zero-order valence-electron chi connectivity index (χ0n) is 16.8. The SMILES string of the molecule is CSN1CCC(Nc2ccc(SN(CC(C)C)c3ccc(F)cc3)cn2)CC1. The van der Waals surface area contributed by atoms with Gasteiger partial charge >= 0.3 is 0 Å². The first kappa shape index (κ1) is 21.3. The summed E-state index contributed by atoms with van der Waals surface area (Å²) in [5, 5.41) is 3.56. The molecule has 0 radical (unpaired) electrons. The number of rotatable bonds is 8. The van der Waals surface area contributed by atoms with Crippen molar-refractivity contribution in [1.82, 2.24) is 9.29 Å². The number of nitrogens with zero attached hydrogens (tertiary/aromatic N) is 3. The third-order valence-electron chi connectivity index (χ3n) is 4.66. The summed E-state index contributed by atoms with van der Waals surface area (Å²) < 4.78 is 17.9. The first-order chi connectivity index (χ1) is 13.5. The molecule has 0 amide bonds. The van der Waals surface area contributed by atoms with Crippen molar-refractivity contribution in [2.24, 2.45) is 5.92 Å². The summed E-state index contributed by atoms with van der Waals surface area (Å²) in [6.07, 6.45) is 6.35. The lowest BCUT2D eigenvalue weighted by molar-refractivity contribution is 0.359. The first-order valence-corrected chi connectivity index (χ1v) is 11.7. The van der Waals surface area contributed by atoms with Crippen LogP contribution in [-0.2, 0) is 0 Å². The predicted molar refractivity (Wildman–Crippen MR) is 120 cm³/mol. The van der Waals surface area contributed by atoms with Gasteiger partial charge < -0.3 is 9.62 Å². The Morgan fingerprint density at radius 2 is 1.89 bits per heavy atom. The molecule has 1 fully saturated rings. The Labute approximate surface area is 176 Å². The molecule has 1 N–H and O–H groups in total. The number of pyridine rings is 1. The van der Waals surface area contributed by atoms with Gasteiger partial charge in [-0.15, -0.1) is 0 Å². The van der Waals surface area contributed by atoms with Gasteiger partial charge in [-0.3, -0.25) is 4.31 Å². The molecule has 3 rings (SSSR count). The molecule has 2 aromatic rings. The fourth-order valence-corrected chi connectivity index (χ4v) is 4.83. The highest BCUT2D eigenvalue weighted by molar-refractivity contribution is 8.00. The van der Waals surface area contributed by atoms with Gasteiger partial charge in [-0.05, 0) is 73.4 Å². The number of benzene rings is 1. The van der Waals surface area contributed by atoms with E-state index < -0.39 is 0 Å². The van der Waals surface area contributed by atoms with Gasteiger partial charge in [-0.1, -0.05) is 25.8 Å². The van der Waals surface area contributed by atoms with Crippen LogP contribution in [0.4, 0.5) is 15.9 Å². The molecule has 0 aliphatic carbocycles. The molecule has 2 heterocycles. The van der Waals surface area contributed by atoms with E-state index in [0.717, 1.165) is 48.9 Å². The van der Waals surface area contributed by atoms with E-state index in [0.29, 0.717) is 12.0 Å². The van der Waals surface area contributed by atoms with Gasteiger partial charge in [-0.2, -0.15) is 0 Å². The molecule has 1 aliphatic heterocycles. The molecule has 0 saturated carbocycles. The summed E-state index contributed by atoms with van der Waals surface area (Å²) >= 11 is 3.47. The highest BCUT2D eigenvalue weighted by atomic mass is 32.2. The van der Waals surface area contributed by atoms with Crippen LogP contribution in [0.2, 0.25) is 0 Å². The molecule has 28 heavy (non-hydrogen) atoms. The fraction of sp³-hybridized carbons (Fsp3) is 0.476. The Bertz CT molecular complexity index is 716. The van der Waals surface area contributed by atoms with Gasteiger partial charge in [0.2, 0.25) is 0 Å². The molecule has 1 aromatic heterocycles. The smallest absolute Gasteiger partial charge is 0.126 e. The molecule has 0 bridgehead atoms. The van der Waals surface area contributed by atoms with Gasteiger partial charge in [0.25, 0.3) is 0 Å². The van der Waals surface area contributed by atoms with Crippen LogP contribution >= 0.6 is 23.9 Å². The highest BCUT2D eigenvalue weighted by Crippen LogP contribution is 2.30. The van der Waals surface area contributed by atoms with Crippen molar-refractivity contribution in [3.05, 3.63) is 48.4 Å². The van der Waals surface area contributed by atoms with Crippen LogP contribution in [0.25, 0.3) is 0 Å². The number of nitrogens with one attached hydrogen (secondary N) is 1. The second-order valence-corrected chi connectivity index (χ2v) is 9.41. The summed E-state index contributed by atoms with van der Waals surface area (Å²) in [6.45, 7) is 7.49. The minimum Gasteiger partial charge on any atom is -0.367 e. The van der Waals surface area contributed by atoms with Crippen LogP contribution in [0.15, 0.2) is 47.5 Å². The highest BCUT2D eigenvalue weighted by Gasteiger charge is 2.18. The van der Waals surface area contributed by atoms with Crippen molar-refractivity contribution in [3.8, 4) is 0 Å². The van der Waals surface area contributed by atoms with E-state index in [9.17, 15) is 4.39 Å². The minimum atomic E-state index is -0.210. The summed E-state index contributed by atoms with van der Waals surface area (Å²) in [5.41, 5.74) is 1.00. The van der Waals surface area contributed by atoms with E-state index in [1.165, 1.54) is 12.1 Å². The number of halogens is 1. The van der Waals surface area contributed by atoms with Crippen molar-refractivity contribution in [3.63, 3.8) is 0 Å². The lowest BCUT2D eigenvalue weighted by atomic mass is 10.1. The predicted octanol–water partition coefficient (Wildman–Crippen LogP) is 5.54. The molecule has 4 nitrogen and oxygen atoms in total. The first-order valence-electron chi connectivity index (χ1n) is 9.76. The third kappa shape index (κ3) is 6.29. The average Bonchev–Trinajstić information content (AvgIpc) is 2.70. The van der Waals surface area contributed by atoms with Crippen LogP contribution < -0.4 is 9.62 Å². The quantitative estimate of drug-likeness (QED) is 0.564. The molecule has 152 valence electrons. The summed E-state index contributed by atoms with van der Waals surface area (Å²) in [6, 6.07) is 11.3. The molecule has 1 aromatic carbocycles. The van der Waals surface area contributed by atoms with E-state index in [2.05, 4.69) is 51.1 Å². The van der Waals surface area contributed by atoms with Gasteiger partial charge in [-0.25, -0.2) is 9.37 Å². The number of piperidine rings is 1. The number of hydrogen-bond acceptors (Lipinski definition) is 6. The molecule has 1 saturated heterocycles.